The highest BCUT2D eigenvalue weighted by molar-refractivity contribution is 6.51. The predicted molar refractivity (Wildman–Crippen MR) is 127 cm³/mol. The summed E-state index contributed by atoms with van der Waals surface area (Å²) >= 11 is 0. The van der Waals surface area contributed by atoms with Crippen LogP contribution in [-0.4, -0.2) is 30.5 Å². The van der Waals surface area contributed by atoms with Crippen LogP contribution >= 0.6 is 0 Å². The van der Waals surface area contributed by atoms with Gasteiger partial charge in [-0.05, 0) is 61.0 Å². The number of benzene rings is 3. The maximum Gasteiger partial charge on any atom is 0.416 e. The Labute approximate surface area is 205 Å². The number of Topliss-reactive ketones (excluding diaryl/α,β-unsaturated/α-hetero) is 1. The summed E-state index contributed by atoms with van der Waals surface area (Å²) in [5, 5.41) is 11.2. The average Bonchev–Trinajstić information content (AvgIpc) is 3.14. The van der Waals surface area contributed by atoms with Crippen LogP contribution in [0.2, 0.25) is 0 Å². The molecule has 3 aromatic carbocycles. The molecule has 1 fully saturated rings. The number of rotatable bonds is 6. The van der Waals surface area contributed by atoms with Gasteiger partial charge < -0.3 is 14.6 Å². The largest absolute Gasteiger partial charge is 0.507 e. The van der Waals surface area contributed by atoms with Crippen molar-refractivity contribution in [2.24, 2.45) is 0 Å². The normalized spacial score (nSPS) is 17.4. The van der Waals surface area contributed by atoms with E-state index < -0.39 is 35.2 Å². The predicted octanol–water partition coefficient (Wildman–Crippen LogP) is 5.74. The number of halogens is 3. The van der Waals surface area contributed by atoms with Crippen molar-refractivity contribution in [3.05, 3.63) is 95.1 Å². The number of methoxy groups -OCH3 is 1. The molecule has 0 aliphatic carbocycles. The molecule has 0 spiro atoms. The van der Waals surface area contributed by atoms with Crippen molar-refractivity contribution in [1.29, 1.82) is 0 Å². The Morgan fingerprint density at radius 2 is 1.64 bits per heavy atom. The number of nitrogens with zero attached hydrogens (tertiary/aromatic N) is 1. The minimum absolute atomic E-state index is 0.0695. The maximum absolute atomic E-state index is 13.2. The van der Waals surface area contributed by atoms with E-state index >= 15 is 0 Å². The van der Waals surface area contributed by atoms with Gasteiger partial charge >= 0.3 is 6.18 Å². The summed E-state index contributed by atoms with van der Waals surface area (Å²) in [6.45, 7) is 2.18. The second kappa shape index (κ2) is 9.77. The first-order valence-electron chi connectivity index (χ1n) is 11.0. The molecule has 1 saturated heterocycles. The van der Waals surface area contributed by atoms with Crippen molar-refractivity contribution in [2.45, 2.75) is 19.1 Å². The Bertz CT molecular complexity index is 1330. The van der Waals surface area contributed by atoms with Gasteiger partial charge in [0.25, 0.3) is 11.7 Å². The molecule has 4 rings (SSSR count). The Morgan fingerprint density at radius 1 is 0.972 bits per heavy atom. The molecule has 6 nitrogen and oxygen atoms in total. The summed E-state index contributed by atoms with van der Waals surface area (Å²) in [6.07, 6.45) is -4.57. The number of anilines is 1. The van der Waals surface area contributed by atoms with Crippen LogP contribution in [0.15, 0.2) is 78.4 Å². The van der Waals surface area contributed by atoms with Crippen molar-refractivity contribution < 1.29 is 37.3 Å². The van der Waals surface area contributed by atoms with Crippen LogP contribution in [-0.2, 0) is 15.8 Å². The van der Waals surface area contributed by atoms with Crippen LogP contribution in [0.5, 0.6) is 11.5 Å². The molecule has 1 heterocycles. The van der Waals surface area contributed by atoms with Gasteiger partial charge in [-0.2, -0.15) is 13.2 Å². The van der Waals surface area contributed by atoms with E-state index in [0.29, 0.717) is 23.7 Å². The lowest BCUT2D eigenvalue weighted by Gasteiger charge is -2.26. The smallest absolute Gasteiger partial charge is 0.416 e. The number of amides is 1. The van der Waals surface area contributed by atoms with Gasteiger partial charge in [0.2, 0.25) is 0 Å². The van der Waals surface area contributed by atoms with Gasteiger partial charge in [0.1, 0.15) is 17.3 Å². The van der Waals surface area contributed by atoms with Crippen molar-refractivity contribution in [3.63, 3.8) is 0 Å². The first kappa shape index (κ1) is 24.8. The Kier molecular flexibility index (Phi) is 6.74. The van der Waals surface area contributed by atoms with Crippen LogP contribution < -0.4 is 14.4 Å². The van der Waals surface area contributed by atoms with E-state index in [1.807, 2.05) is 0 Å². The van der Waals surface area contributed by atoms with Gasteiger partial charge in [0.05, 0.1) is 30.9 Å². The minimum atomic E-state index is -4.57. The second-order valence-electron chi connectivity index (χ2n) is 7.95. The van der Waals surface area contributed by atoms with E-state index in [0.717, 1.165) is 29.2 Å². The lowest BCUT2D eigenvalue weighted by atomic mass is 9.95. The van der Waals surface area contributed by atoms with Gasteiger partial charge in [-0.1, -0.05) is 24.3 Å². The van der Waals surface area contributed by atoms with Crippen LogP contribution in [0, 0.1) is 0 Å². The minimum Gasteiger partial charge on any atom is -0.507 e. The Hall–Kier alpha value is -4.27. The fourth-order valence-electron chi connectivity index (χ4n) is 4.09. The number of carbonyl (C=O) groups excluding carboxylic acids is 2. The standard InChI is InChI=1S/C27H22F3NO5/c1-3-36-21-9-5-7-17(15-21)24(32)22-23(16-6-4-8-20(14-16)35-2)31(26(34)25(22)33)19-12-10-18(11-13-19)27(28,29)30/h4-15,23,32H,3H2,1-2H3/b24-22+. The molecule has 186 valence electrons. The number of ether oxygens (including phenoxy) is 2. The van der Waals surface area contributed by atoms with Gasteiger partial charge in [-0.15, -0.1) is 0 Å². The van der Waals surface area contributed by atoms with Crippen LogP contribution in [0.3, 0.4) is 0 Å². The molecular formula is C27H22F3NO5. The van der Waals surface area contributed by atoms with Gasteiger partial charge in [0, 0.05) is 11.3 Å². The third kappa shape index (κ3) is 4.64. The molecular weight excluding hydrogens is 475 g/mol. The second-order valence-corrected chi connectivity index (χ2v) is 7.95. The van der Waals surface area contributed by atoms with E-state index in [1.165, 1.54) is 13.2 Å². The molecule has 0 radical (unpaired) electrons. The molecule has 36 heavy (non-hydrogen) atoms. The number of aliphatic hydroxyl groups excluding tert-OH is 1. The van der Waals surface area contributed by atoms with Gasteiger partial charge in [-0.3, -0.25) is 14.5 Å². The van der Waals surface area contributed by atoms with Crippen molar-refractivity contribution in [3.8, 4) is 11.5 Å². The molecule has 0 bridgehead atoms. The molecule has 1 N–H and O–H groups in total. The SMILES string of the molecule is CCOc1cccc(/C(O)=C2\C(=O)C(=O)N(c3ccc(C(F)(F)F)cc3)C2c2cccc(OC)c2)c1. The zero-order valence-electron chi connectivity index (χ0n) is 19.4. The van der Waals surface area contributed by atoms with Crippen molar-refractivity contribution in [2.75, 3.05) is 18.6 Å². The quantitative estimate of drug-likeness (QED) is 0.267. The molecule has 1 aliphatic rings. The third-order valence-electron chi connectivity index (χ3n) is 5.75. The van der Waals surface area contributed by atoms with Gasteiger partial charge in [-0.25, -0.2) is 0 Å². The molecule has 1 aliphatic heterocycles. The number of carbonyl (C=O) groups is 2. The zero-order chi connectivity index (χ0) is 26.0. The first-order valence-corrected chi connectivity index (χ1v) is 11.0. The molecule has 1 unspecified atom stereocenters. The molecule has 1 atom stereocenters. The first-order chi connectivity index (χ1) is 17.2. The number of hydrogen-bond acceptors (Lipinski definition) is 5. The highest BCUT2D eigenvalue weighted by Crippen LogP contribution is 2.43. The summed E-state index contributed by atoms with van der Waals surface area (Å²) in [6, 6.07) is 15.8. The molecule has 0 saturated carbocycles. The summed E-state index contributed by atoms with van der Waals surface area (Å²) in [4.78, 5) is 27.5. The Balaban J connectivity index is 1.91. The summed E-state index contributed by atoms with van der Waals surface area (Å²) in [5.41, 5.74) is -0.356. The number of alkyl halides is 3. The topological polar surface area (TPSA) is 76.1 Å². The molecule has 1 amide bonds. The monoisotopic (exact) mass is 497 g/mol. The molecule has 9 heteroatoms. The number of aliphatic hydroxyl groups is 1. The number of hydrogen-bond donors (Lipinski definition) is 1. The lowest BCUT2D eigenvalue weighted by Crippen LogP contribution is -2.29. The average molecular weight is 497 g/mol. The van der Waals surface area contributed by atoms with Crippen molar-refractivity contribution >= 4 is 23.1 Å². The van der Waals surface area contributed by atoms with E-state index in [2.05, 4.69) is 0 Å². The summed E-state index contributed by atoms with van der Waals surface area (Å²) in [5.74, 6) is -1.50. The van der Waals surface area contributed by atoms with Crippen LogP contribution in [0.1, 0.15) is 29.7 Å². The summed E-state index contributed by atoms with van der Waals surface area (Å²) in [7, 11) is 1.45. The van der Waals surface area contributed by atoms with E-state index in [4.69, 9.17) is 9.47 Å². The Morgan fingerprint density at radius 3 is 2.28 bits per heavy atom. The zero-order valence-corrected chi connectivity index (χ0v) is 19.4. The maximum atomic E-state index is 13.2. The molecule has 0 aromatic heterocycles. The van der Waals surface area contributed by atoms with E-state index in [1.54, 1.807) is 49.4 Å². The van der Waals surface area contributed by atoms with Gasteiger partial charge in [0.15, 0.2) is 0 Å². The van der Waals surface area contributed by atoms with E-state index in [-0.39, 0.29) is 16.8 Å². The highest BCUT2D eigenvalue weighted by atomic mass is 19.4. The van der Waals surface area contributed by atoms with Crippen molar-refractivity contribution in [1.82, 2.24) is 0 Å². The van der Waals surface area contributed by atoms with Crippen LogP contribution in [0.25, 0.3) is 5.76 Å². The number of ketones is 1. The molecule has 3 aromatic rings. The highest BCUT2D eigenvalue weighted by Gasteiger charge is 2.47. The third-order valence-corrected chi connectivity index (χ3v) is 5.75. The summed E-state index contributed by atoms with van der Waals surface area (Å²) < 4.78 is 50.1. The fraction of sp³-hybridized carbons (Fsp3) is 0.185. The van der Waals surface area contributed by atoms with Crippen LogP contribution in [0.4, 0.5) is 18.9 Å². The lowest BCUT2D eigenvalue weighted by molar-refractivity contribution is -0.137. The van der Waals surface area contributed by atoms with E-state index in [9.17, 15) is 27.9 Å². The fourth-order valence-corrected chi connectivity index (χ4v) is 4.09.